The molecular weight excluding hydrogens is 417 g/mol. The van der Waals surface area contributed by atoms with E-state index in [9.17, 15) is 14.0 Å². The molecule has 5 nitrogen and oxygen atoms in total. The molecule has 3 amide bonds. The molecule has 3 aromatic carbocycles. The van der Waals surface area contributed by atoms with Gasteiger partial charge in [-0.3, -0.25) is 9.69 Å². The maximum atomic E-state index is 13.1. The fourth-order valence-corrected chi connectivity index (χ4v) is 3.73. The fourth-order valence-electron chi connectivity index (χ4n) is 3.54. The maximum Gasteiger partial charge on any atom is 0.324 e. The monoisotopic (exact) mass is 437 g/mol. The van der Waals surface area contributed by atoms with Gasteiger partial charge in [0, 0.05) is 41.6 Å². The van der Waals surface area contributed by atoms with Crippen LogP contribution in [0.25, 0.3) is 0 Å². The third-order valence-corrected chi connectivity index (χ3v) is 5.36. The number of nitrogens with one attached hydrogen (secondary N) is 1. The lowest BCUT2D eigenvalue weighted by Crippen LogP contribution is -2.49. The van der Waals surface area contributed by atoms with Gasteiger partial charge < -0.3 is 10.2 Å². The van der Waals surface area contributed by atoms with Crippen LogP contribution in [-0.2, 0) is 6.54 Å². The van der Waals surface area contributed by atoms with Crippen LogP contribution in [-0.4, -0.2) is 29.9 Å². The van der Waals surface area contributed by atoms with Crippen LogP contribution in [0.4, 0.5) is 20.6 Å². The van der Waals surface area contributed by atoms with Crippen molar-refractivity contribution in [2.45, 2.75) is 13.0 Å². The Bertz CT molecular complexity index is 1090. The Kier molecular flexibility index (Phi) is 6.18. The molecular formula is C24H21ClFN3O2. The van der Waals surface area contributed by atoms with Gasteiger partial charge in [0.15, 0.2) is 0 Å². The molecule has 0 bridgehead atoms. The van der Waals surface area contributed by atoms with Gasteiger partial charge in [0.2, 0.25) is 0 Å². The molecule has 158 valence electrons. The topological polar surface area (TPSA) is 52.7 Å². The van der Waals surface area contributed by atoms with E-state index < -0.39 is 0 Å². The van der Waals surface area contributed by atoms with E-state index in [1.54, 1.807) is 70.5 Å². The molecule has 0 unspecified atom stereocenters. The SMILES string of the molecule is O=C(Nc1cccc(Cl)c1)c1ccc(N2CCCN(Cc3ccc(F)cc3)C2=O)cc1. The Labute approximate surface area is 185 Å². The van der Waals surface area contributed by atoms with Gasteiger partial charge in [-0.2, -0.15) is 0 Å². The van der Waals surface area contributed by atoms with E-state index in [4.69, 9.17) is 11.6 Å². The van der Waals surface area contributed by atoms with Gasteiger partial charge in [0.25, 0.3) is 5.91 Å². The fraction of sp³-hybridized carbons (Fsp3) is 0.167. The summed E-state index contributed by atoms with van der Waals surface area (Å²) in [5.41, 5.74) is 2.71. The van der Waals surface area contributed by atoms with Crippen LogP contribution in [0.15, 0.2) is 72.8 Å². The van der Waals surface area contributed by atoms with Crippen molar-refractivity contribution in [1.82, 2.24) is 4.90 Å². The number of hydrogen-bond donors (Lipinski definition) is 1. The van der Waals surface area contributed by atoms with Crippen molar-refractivity contribution >= 4 is 34.9 Å². The lowest BCUT2D eigenvalue weighted by Gasteiger charge is -2.35. The first kappa shape index (κ1) is 20.9. The van der Waals surface area contributed by atoms with Gasteiger partial charge >= 0.3 is 6.03 Å². The van der Waals surface area contributed by atoms with Crippen molar-refractivity contribution in [1.29, 1.82) is 0 Å². The van der Waals surface area contributed by atoms with Gasteiger partial charge in [-0.1, -0.05) is 29.8 Å². The van der Waals surface area contributed by atoms with Crippen LogP contribution in [0.2, 0.25) is 5.02 Å². The number of carbonyl (C=O) groups is 2. The van der Waals surface area contributed by atoms with E-state index in [-0.39, 0.29) is 17.8 Å². The number of benzene rings is 3. The van der Waals surface area contributed by atoms with Crippen LogP contribution in [0.1, 0.15) is 22.3 Å². The molecule has 7 heteroatoms. The van der Waals surface area contributed by atoms with Gasteiger partial charge in [-0.05, 0) is 66.6 Å². The molecule has 1 aliphatic rings. The quantitative estimate of drug-likeness (QED) is 0.567. The minimum Gasteiger partial charge on any atom is -0.322 e. The molecule has 0 saturated carbocycles. The highest BCUT2D eigenvalue weighted by atomic mass is 35.5. The molecule has 0 radical (unpaired) electrons. The Morgan fingerprint density at radius 2 is 1.74 bits per heavy atom. The molecule has 0 spiro atoms. The summed E-state index contributed by atoms with van der Waals surface area (Å²) in [4.78, 5) is 28.9. The summed E-state index contributed by atoms with van der Waals surface area (Å²) in [7, 11) is 0. The van der Waals surface area contributed by atoms with Crippen molar-refractivity contribution in [3.63, 3.8) is 0 Å². The number of anilines is 2. The van der Waals surface area contributed by atoms with Crippen LogP contribution in [0.3, 0.4) is 0 Å². The van der Waals surface area contributed by atoms with Crippen LogP contribution in [0, 0.1) is 5.82 Å². The van der Waals surface area contributed by atoms with Crippen molar-refractivity contribution in [3.05, 3.63) is 94.8 Å². The van der Waals surface area contributed by atoms with Crippen molar-refractivity contribution in [2.24, 2.45) is 0 Å². The molecule has 1 fully saturated rings. The van der Waals surface area contributed by atoms with E-state index in [2.05, 4.69) is 5.32 Å². The molecule has 1 aliphatic heterocycles. The number of amides is 3. The number of carbonyl (C=O) groups excluding carboxylic acids is 2. The first-order valence-corrected chi connectivity index (χ1v) is 10.4. The van der Waals surface area contributed by atoms with E-state index in [1.165, 1.54) is 12.1 Å². The second kappa shape index (κ2) is 9.18. The lowest BCUT2D eigenvalue weighted by molar-refractivity contribution is 0.102. The molecule has 1 heterocycles. The number of rotatable bonds is 5. The third kappa shape index (κ3) is 5.03. The van der Waals surface area contributed by atoms with Gasteiger partial charge in [-0.25, -0.2) is 9.18 Å². The summed E-state index contributed by atoms with van der Waals surface area (Å²) in [6, 6.07) is 19.9. The number of nitrogens with zero attached hydrogens (tertiary/aromatic N) is 2. The molecule has 0 aromatic heterocycles. The second-order valence-electron chi connectivity index (χ2n) is 7.35. The van der Waals surface area contributed by atoms with Crippen LogP contribution in [0.5, 0.6) is 0 Å². The Morgan fingerprint density at radius 3 is 2.45 bits per heavy atom. The smallest absolute Gasteiger partial charge is 0.322 e. The number of halogens is 2. The van der Waals surface area contributed by atoms with E-state index in [0.717, 1.165) is 17.7 Å². The number of hydrogen-bond acceptors (Lipinski definition) is 2. The van der Waals surface area contributed by atoms with E-state index in [1.807, 2.05) is 0 Å². The molecule has 0 atom stereocenters. The van der Waals surface area contributed by atoms with Crippen LogP contribution < -0.4 is 10.2 Å². The van der Waals surface area contributed by atoms with Crippen LogP contribution >= 0.6 is 11.6 Å². The summed E-state index contributed by atoms with van der Waals surface area (Å²) in [6.45, 7) is 1.68. The summed E-state index contributed by atoms with van der Waals surface area (Å²) in [5.74, 6) is -0.549. The first-order chi connectivity index (χ1) is 15.0. The molecule has 0 aliphatic carbocycles. The van der Waals surface area contributed by atoms with E-state index >= 15 is 0 Å². The first-order valence-electron chi connectivity index (χ1n) is 9.97. The summed E-state index contributed by atoms with van der Waals surface area (Å²) in [5, 5.41) is 3.35. The van der Waals surface area contributed by atoms with Gasteiger partial charge in [-0.15, -0.1) is 0 Å². The zero-order valence-electron chi connectivity index (χ0n) is 16.7. The Hall–Kier alpha value is -3.38. The van der Waals surface area contributed by atoms with Crippen molar-refractivity contribution in [2.75, 3.05) is 23.3 Å². The second-order valence-corrected chi connectivity index (χ2v) is 7.78. The largest absolute Gasteiger partial charge is 0.324 e. The maximum absolute atomic E-state index is 13.1. The lowest BCUT2D eigenvalue weighted by atomic mass is 10.1. The molecule has 31 heavy (non-hydrogen) atoms. The summed E-state index contributed by atoms with van der Waals surface area (Å²) < 4.78 is 13.1. The number of urea groups is 1. The normalized spacial score (nSPS) is 13.9. The van der Waals surface area contributed by atoms with Gasteiger partial charge in [0.05, 0.1) is 0 Å². The average Bonchev–Trinajstić information content (AvgIpc) is 2.77. The standard InChI is InChI=1S/C24H21ClFN3O2/c25-19-3-1-4-21(15-19)27-23(30)18-7-11-22(12-8-18)29-14-2-13-28(24(29)31)16-17-5-9-20(26)10-6-17/h1,3-12,15H,2,13-14,16H2,(H,27,30). The summed E-state index contributed by atoms with van der Waals surface area (Å²) >= 11 is 5.96. The Morgan fingerprint density at radius 1 is 1.00 bits per heavy atom. The van der Waals surface area contributed by atoms with Crippen molar-refractivity contribution < 1.29 is 14.0 Å². The average molecular weight is 438 g/mol. The highest BCUT2D eigenvalue weighted by Crippen LogP contribution is 2.23. The Balaban J connectivity index is 1.43. The summed E-state index contributed by atoms with van der Waals surface area (Å²) in [6.07, 6.45) is 0.823. The van der Waals surface area contributed by atoms with Gasteiger partial charge in [0.1, 0.15) is 5.82 Å². The van der Waals surface area contributed by atoms with Crippen molar-refractivity contribution in [3.8, 4) is 0 Å². The van der Waals surface area contributed by atoms with E-state index in [0.29, 0.717) is 35.9 Å². The highest BCUT2D eigenvalue weighted by molar-refractivity contribution is 6.31. The molecule has 4 rings (SSSR count). The minimum atomic E-state index is -0.296. The minimum absolute atomic E-state index is 0.105. The third-order valence-electron chi connectivity index (χ3n) is 5.12. The highest BCUT2D eigenvalue weighted by Gasteiger charge is 2.27. The zero-order valence-corrected chi connectivity index (χ0v) is 17.5. The predicted octanol–water partition coefficient (Wildman–Crippen LogP) is 5.56. The predicted molar refractivity (Wildman–Crippen MR) is 120 cm³/mol. The molecule has 1 saturated heterocycles. The zero-order chi connectivity index (χ0) is 21.8. The molecule has 1 N–H and O–H groups in total. The molecule has 3 aromatic rings.